The first-order valence-corrected chi connectivity index (χ1v) is 15.8. The van der Waals surface area contributed by atoms with Crippen LogP contribution in [0, 0.1) is 6.92 Å². The van der Waals surface area contributed by atoms with Crippen LogP contribution < -0.4 is 19.1 Å². The van der Waals surface area contributed by atoms with Crippen LogP contribution in [0.25, 0.3) is 0 Å². The molecule has 0 heterocycles. The number of anilines is 1. The first kappa shape index (κ1) is 32.9. The second-order valence-electron chi connectivity index (χ2n) is 10.1. The molecule has 3 rings (SSSR count). The van der Waals surface area contributed by atoms with Gasteiger partial charge in [-0.05, 0) is 91.1 Å². The van der Waals surface area contributed by atoms with E-state index in [9.17, 15) is 18.0 Å². The summed E-state index contributed by atoms with van der Waals surface area (Å²) in [5, 5.41) is 2.90. The predicted molar refractivity (Wildman–Crippen MR) is 167 cm³/mol. The zero-order valence-electron chi connectivity index (χ0n) is 24.8. The molecule has 0 aliphatic rings. The summed E-state index contributed by atoms with van der Waals surface area (Å²) >= 11 is 3.36. The Labute approximate surface area is 257 Å². The number of amides is 2. The highest BCUT2D eigenvalue weighted by atomic mass is 79.9. The Bertz CT molecular complexity index is 1480. The van der Waals surface area contributed by atoms with Crippen molar-refractivity contribution in [2.24, 2.45) is 0 Å². The zero-order chi connectivity index (χ0) is 31.0. The number of carbonyl (C=O) groups excluding carboxylic acids is 2. The summed E-state index contributed by atoms with van der Waals surface area (Å²) in [6, 6.07) is 17.5. The van der Waals surface area contributed by atoms with Crippen molar-refractivity contribution in [2.45, 2.75) is 57.6 Å². The molecule has 0 bridgehead atoms. The van der Waals surface area contributed by atoms with Crippen molar-refractivity contribution in [1.82, 2.24) is 10.2 Å². The van der Waals surface area contributed by atoms with E-state index in [1.165, 1.54) is 24.1 Å². The maximum Gasteiger partial charge on any atom is 0.264 e. The molecule has 9 nitrogen and oxygen atoms in total. The number of hydrogen-bond acceptors (Lipinski definition) is 6. The van der Waals surface area contributed by atoms with Crippen molar-refractivity contribution in [3.05, 3.63) is 82.3 Å². The molecule has 3 aromatic rings. The van der Waals surface area contributed by atoms with Crippen molar-refractivity contribution in [3.8, 4) is 11.5 Å². The van der Waals surface area contributed by atoms with Crippen molar-refractivity contribution >= 4 is 43.5 Å². The Morgan fingerprint density at radius 3 is 2.12 bits per heavy atom. The maximum absolute atomic E-state index is 14.1. The monoisotopic (exact) mass is 659 g/mol. The number of sulfonamides is 1. The van der Waals surface area contributed by atoms with Crippen molar-refractivity contribution in [1.29, 1.82) is 0 Å². The van der Waals surface area contributed by atoms with Gasteiger partial charge in [0.05, 0.1) is 29.3 Å². The Morgan fingerprint density at radius 1 is 0.952 bits per heavy atom. The van der Waals surface area contributed by atoms with Gasteiger partial charge in [0.15, 0.2) is 0 Å². The summed E-state index contributed by atoms with van der Waals surface area (Å²) in [6.45, 7) is 6.99. The number of rotatable bonds is 13. The van der Waals surface area contributed by atoms with Gasteiger partial charge in [-0.15, -0.1) is 0 Å². The van der Waals surface area contributed by atoms with Gasteiger partial charge in [-0.1, -0.05) is 36.8 Å². The molecule has 0 saturated carbocycles. The number of nitrogens with one attached hydrogen (secondary N) is 1. The normalized spacial score (nSPS) is 12.0. The molecule has 1 N–H and O–H groups in total. The Balaban J connectivity index is 2.07. The van der Waals surface area contributed by atoms with Crippen LogP contribution in [0.2, 0.25) is 0 Å². The van der Waals surface area contributed by atoms with Crippen LogP contribution in [-0.4, -0.2) is 58.0 Å². The first-order valence-electron chi connectivity index (χ1n) is 13.6. The molecule has 0 radical (unpaired) electrons. The van der Waals surface area contributed by atoms with Gasteiger partial charge in [0.1, 0.15) is 24.1 Å². The lowest BCUT2D eigenvalue weighted by Crippen LogP contribution is -2.53. The Kier molecular flexibility index (Phi) is 11.4. The van der Waals surface area contributed by atoms with E-state index in [4.69, 9.17) is 9.47 Å². The molecule has 0 unspecified atom stereocenters. The van der Waals surface area contributed by atoms with E-state index in [1.807, 2.05) is 39.8 Å². The number of nitrogens with zero attached hydrogens (tertiary/aromatic N) is 2. The lowest BCUT2D eigenvalue weighted by molar-refractivity contribution is -0.140. The van der Waals surface area contributed by atoms with Crippen molar-refractivity contribution < 1.29 is 27.5 Å². The molecule has 2 amide bonds. The van der Waals surface area contributed by atoms with Gasteiger partial charge in [0.25, 0.3) is 10.0 Å². The van der Waals surface area contributed by atoms with E-state index in [-0.39, 0.29) is 23.4 Å². The molecule has 0 aromatic heterocycles. The fraction of sp³-hybridized carbons (Fsp3) is 0.355. The number of aryl methyl sites for hydroxylation is 1. The van der Waals surface area contributed by atoms with Gasteiger partial charge in [0.2, 0.25) is 11.8 Å². The lowest BCUT2D eigenvalue weighted by Gasteiger charge is -2.33. The summed E-state index contributed by atoms with van der Waals surface area (Å²) in [5.41, 5.74) is 2.03. The van der Waals surface area contributed by atoms with E-state index in [0.717, 1.165) is 15.4 Å². The number of ether oxygens (including phenoxy) is 2. The summed E-state index contributed by atoms with van der Waals surface area (Å²) in [7, 11) is -1.16. The first-order chi connectivity index (χ1) is 19.9. The number of hydrogen-bond donors (Lipinski definition) is 1. The van der Waals surface area contributed by atoms with Crippen LogP contribution in [0.3, 0.4) is 0 Å². The van der Waals surface area contributed by atoms with Crippen LogP contribution in [-0.2, 0) is 26.2 Å². The highest BCUT2D eigenvalue weighted by Crippen LogP contribution is 2.31. The molecule has 0 spiro atoms. The average molecular weight is 661 g/mol. The molecule has 42 heavy (non-hydrogen) atoms. The SMILES string of the molecule is CC[C@@H](C(=O)NC(C)C)N(Cc1ccc(OC)cc1)C(=O)CN(c1ccc(C)cc1)S(=O)(=O)c1ccc(OC)c(Br)c1. The molecule has 3 aromatic carbocycles. The average Bonchev–Trinajstić information content (AvgIpc) is 2.96. The minimum absolute atomic E-state index is 0.0187. The predicted octanol–water partition coefficient (Wildman–Crippen LogP) is 5.30. The number of methoxy groups -OCH3 is 2. The molecule has 0 aliphatic heterocycles. The third-order valence-corrected chi connectivity index (χ3v) is 9.03. The van der Waals surface area contributed by atoms with E-state index in [1.54, 1.807) is 49.6 Å². The van der Waals surface area contributed by atoms with Gasteiger partial charge >= 0.3 is 0 Å². The Hall–Kier alpha value is -3.57. The number of halogens is 1. The summed E-state index contributed by atoms with van der Waals surface area (Å²) in [5.74, 6) is 0.300. The van der Waals surface area contributed by atoms with Gasteiger partial charge in [0, 0.05) is 12.6 Å². The lowest BCUT2D eigenvalue weighted by atomic mass is 10.1. The third-order valence-electron chi connectivity index (χ3n) is 6.64. The van der Waals surface area contributed by atoms with Gasteiger partial charge in [-0.2, -0.15) is 0 Å². The molecule has 1 atom stereocenters. The van der Waals surface area contributed by atoms with E-state index < -0.39 is 28.5 Å². The fourth-order valence-corrected chi connectivity index (χ4v) is 6.54. The molecule has 0 fully saturated rings. The minimum atomic E-state index is -4.21. The minimum Gasteiger partial charge on any atom is -0.497 e. The molecular weight excluding hydrogens is 622 g/mol. The second-order valence-corrected chi connectivity index (χ2v) is 12.8. The third kappa shape index (κ3) is 8.04. The van der Waals surface area contributed by atoms with E-state index >= 15 is 0 Å². The summed E-state index contributed by atoms with van der Waals surface area (Å²) < 4.78 is 40.2. The van der Waals surface area contributed by atoms with Gasteiger partial charge in [-0.3, -0.25) is 13.9 Å². The van der Waals surface area contributed by atoms with Gasteiger partial charge in [-0.25, -0.2) is 8.42 Å². The van der Waals surface area contributed by atoms with Crippen molar-refractivity contribution in [3.63, 3.8) is 0 Å². The van der Waals surface area contributed by atoms with Crippen LogP contribution in [0.5, 0.6) is 11.5 Å². The smallest absolute Gasteiger partial charge is 0.264 e. The zero-order valence-corrected chi connectivity index (χ0v) is 27.2. The molecule has 226 valence electrons. The topological polar surface area (TPSA) is 105 Å². The maximum atomic E-state index is 14.1. The fourth-order valence-electron chi connectivity index (χ4n) is 4.40. The standard InChI is InChI=1S/C31H38BrN3O6S/c1-7-28(31(37)33-21(2)3)34(19-23-10-14-25(40-5)15-11-23)30(36)20-35(24-12-8-22(4)9-13-24)42(38,39)26-16-17-29(41-6)27(32)18-26/h8-18,21,28H,7,19-20H2,1-6H3,(H,33,37)/t28-/m0/s1. The summed E-state index contributed by atoms with van der Waals surface area (Å²) in [4.78, 5) is 28.8. The molecule has 0 saturated heterocycles. The molecule has 11 heteroatoms. The van der Waals surface area contributed by atoms with Crippen LogP contribution in [0.15, 0.2) is 76.1 Å². The molecule has 0 aliphatic carbocycles. The van der Waals surface area contributed by atoms with E-state index in [2.05, 4.69) is 21.2 Å². The molecular formula is C31H38BrN3O6S. The highest BCUT2D eigenvalue weighted by molar-refractivity contribution is 9.10. The van der Waals surface area contributed by atoms with Crippen LogP contribution in [0.1, 0.15) is 38.3 Å². The number of carbonyl (C=O) groups is 2. The van der Waals surface area contributed by atoms with Crippen molar-refractivity contribution in [2.75, 3.05) is 25.1 Å². The summed E-state index contributed by atoms with van der Waals surface area (Å²) in [6.07, 6.45) is 0.336. The van der Waals surface area contributed by atoms with Crippen LogP contribution in [0.4, 0.5) is 5.69 Å². The largest absolute Gasteiger partial charge is 0.497 e. The van der Waals surface area contributed by atoms with Crippen LogP contribution >= 0.6 is 15.9 Å². The Morgan fingerprint density at radius 2 is 1.60 bits per heavy atom. The number of benzene rings is 3. The van der Waals surface area contributed by atoms with Gasteiger partial charge < -0.3 is 19.7 Å². The second kappa shape index (κ2) is 14.6. The highest BCUT2D eigenvalue weighted by Gasteiger charge is 2.34. The quantitative estimate of drug-likeness (QED) is 0.267. The van der Waals surface area contributed by atoms with E-state index in [0.29, 0.717) is 28.1 Å².